The molecule has 29 aromatic carbocycles. The quantitative estimate of drug-likeness (QED) is 0.150. The van der Waals surface area contributed by atoms with Crippen LogP contribution in [-0.2, 0) is 11.0 Å². The summed E-state index contributed by atoms with van der Waals surface area (Å²) in [5.41, 5.74) is 7.71. The lowest BCUT2D eigenvalue weighted by Crippen LogP contribution is -2.62. The molecule has 0 N–H and O–H groups in total. The molecule has 0 saturated carbocycles. The van der Waals surface area contributed by atoms with Gasteiger partial charge in [0.2, 0.25) is 0 Å². The van der Waals surface area contributed by atoms with E-state index in [0.717, 1.165) is 0 Å². The molecular weight excluding hydrogens is 881 g/mol. The molecule has 0 atom stereocenters. The standard InChI is InChI=1S/C71H14N2/c1-69(2,3)73-71-66-60-54-44-32-24-16-12-10-11-14-18(16)26(32)36-30-22(14)23-15(11)19-17-13(10)21-20(12)28-34(24)42-48-38(28)39-29(21)35-25(17)33-27(19)37-31(23)41-40(30)52(46(36)54)62(66)63-53(41)47(37)55-45(33)51-43(35)49(39)57-56(48)64(58(60)50(42)44)70(71,65(57)59(51)61(55)67(63)71)68(72-73)9-7-5-4-6-8-9/h4-8H,1-3H3. The van der Waals surface area contributed by atoms with Gasteiger partial charge in [-0.1, -0.05) is 30.3 Å². The van der Waals surface area contributed by atoms with Gasteiger partial charge in [-0.25, -0.2) is 0 Å². The molecule has 73 heavy (non-hydrogen) atoms. The minimum absolute atomic E-state index is 0.314. The summed E-state index contributed by atoms with van der Waals surface area (Å²) in [5, 5.41) is 97.7. The third kappa shape index (κ3) is 1.49. The lowest BCUT2D eigenvalue weighted by molar-refractivity contribution is 0.0305. The minimum atomic E-state index is -0.595. The monoisotopic (exact) mass is 894 g/mol. The second kappa shape index (κ2) is 6.21. The molecule has 1 heterocycles. The van der Waals surface area contributed by atoms with Gasteiger partial charge in [-0.05, 0) is 328 Å². The van der Waals surface area contributed by atoms with Crippen LogP contribution in [0.1, 0.15) is 48.6 Å². The molecule has 4 aliphatic carbocycles. The first kappa shape index (κ1) is 27.7. The molecule has 1 aliphatic heterocycles. The van der Waals surface area contributed by atoms with Crippen molar-refractivity contribution in [1.82, 2.24) is 5.01 Å². The molecule has 2 spiro atoms. The van der Waals surface area contributed by atoms with Crippen LogP contribution in [0.4, 0.5) is 0 Å². The molecule has 0 amide bonds. The summed E-state index contributed by atoms with van der Waals surface area (Å²) in [6.45, 7) is 7.56. The molecule has 34 rings (SSSR count). The third-order valence-electron chi connectivity index (χ3n) is 25.8. The molecule has 0 aromatic heterocycles. The van der Waals surface area contributed by atoms with E-state index >= 15 is 0 Å². The lowest BCUT2D eigenvalue weighted by atomic mass is 9.50. The fourth-order valence-corrected chi connectivity index (χ4v) is 25.8. The Hall–Kier alpha value is -8.85. The van der Waals surface area contributed by atoms with Crippen molar-refractivity contribution in [1.29, 1.82) is 0 Å². The van der Waals surface area contributed by atoms with E-state index in [1.54, 1.807) is 313 Å². The molecule has 308 valence electrons. The highest BCUT2D eigenvalue weighted by Crippen LogP contribution is 2.86. The minimum Gasteiger partial charge on any atom is -0.275 e. The van der Waals surface area contributed by atoms with Gasteiger partial charge >= 0.3 is 0 Å². The van der Waals surface area contributed by atoms with Gasteiger partial charge in [0.05, 0.1) is 11.3 Å². The first-order valence-electron chi connectivity index (χ1n) is 27.3. The Kier molecular flexibility index (Phi) is 2.35. The van der Waals surface area contributed by atoms with E-state index < -0.39 is 11.0 Å². The normalized spacial score (nSPS) is 22.3. The molecule has 0 fully saturated rings. The topological polar surface area (TPSA) is 15.6 Å². The smallest absolute Gasteiger partial charge is 0.130 e. The molecular formula is C71H14N2. The average Bonchev–Trinajstić information content (AvgIpc) is 4.29. The number of hydrazone groups is 1. The summed E-state index contributed by atoms with van der Waals surface area (Å²) in [6.07, 6.45) is 0. The van der Waals surface area contributed by atoms with E-state index in [1.807, 2.05) is 0 Å². The average molecular weight is 895 g/mol. The molecule has 5 aliphatic rings. The summed E-state index contributed by atoms with van der Waals surface area (Å²) >= 11 is 0. The van der Waals surface area contributed by atoms with Crippen molar-refractivity contribution < 1.29 is 0 Å². The van der Waals surface area contributed by atoms with Gasteiger partial charge in [0.15, 0.2) is 0 Å². The summed E-state index contributed by atoms with van der Waals surface area (Å²) in [4.78, 5) is 0. The third-order valence-corrected chi connectivity index (χ3v) is 25.8. The van der Waals surface area contributed by atoms with Crippen LogP contribution in [-0.4, -0.2) is 16.3 Å². The van der Waals surface area contributed by atoms with Crippen molar-refractivity contribution in [2.24, 2.45) is 5.10 Å². The van der Waals surface area contributed by atoms with Crippen LogP contribution in [0.25, 0.3) is 291 Å². The second-order valence-corrected chi connectivity index (χ2v) is 27.5. The molecule has 2 nitrogen and oxygen atoms in total. The Morgan fingerprint density at radius 2 is 0.452 bits per heavy atom. The van der Waals surface area contributed by atoms with Crippen molar-refractivity contribution in [3.63, 3.8) is 0 Å². The predicted molar refractivity (Wildman–Crippen MR) is 308 cm³/mol. The Bertz CT molecular complexity index is 7370. The maximum absolute atomic E-state index is 6.53. The van der Waals surface area contributed by atoms with Crippen molar-refractivity contribution in [2.75, 3.05) is 0 Å². The van der Waals surface area contributed by atoms with Crippen LogP contribution in [0, 0.1) is 0 Å². The molecule has 0 bridgehead atoms. The Balaban J connectivity index is 1.17. The number of hydrogen-bond donors (Lipinski definition) is 0. The number of nitrogens with zero attached hydrogens (tertiary/aromatic N) is 2. The number of rotatable bonds is 1. The summed E-state index contributed by atoms with van der Waals surface area (Å²) in [7, 11) is 0. The van der Waals surface area contributed by atoms with Crippen LogP contribution < -0.4 is 0 Å². The summed E-state index contributed by atoms with van der Waals surface area (Å²) < 4.78 is 0. The first-order valence-corrected chi connectivity index (χ1v) is 27.3. The van der Waals surface area contributed by atoms with Gasteiger partial charge in [-0.3, -0.25) is 5.01 Å². The van der Waals surface area contributed by atoms with Gasteiger partial charge < -0.3 is 0 Å². The van der Waals surface area contributed by atoms with Crippen LogP contribution in [0.3, 0.4) is 0 Å². The Morgan fingerprint density at radius 1 is 0.260 bits per heavy atom. The van der Waals surface area contributed by atoms with Crippen LogP contribution in [0.5, 0.6) is 0 Å². The van der Waals surface area contributed by atoms with E-state index in [9.17, 15) is 0 Å². The Morgan fingerprint density at radius 3 is 0.658 bits per heavy atom. The highest BCUT2D eigenvalue weighted by Gasteiger charge is 2.77. The molecule has 2 heteroatoms. The lowest BCUT2D eigenvalue weighted by Gasteiger charge is -2.56. The molecule has 29 aromatic rings. The van der Waals surface area contributed by atoms with E-state index in [2.05, 4.69) is 56.1 Å². The highest BCUT2D eigenvalue weighted by atomic mass is 15.6. The van der Waals surface area contributed by atoms with E-state index in [0.29, 0.717) is 0 Å². The van der Waals surface area contributed by atoms with Crippen molar-refractivity contribution in [3.05, 3.63) is 58.1 Å². The van der Waals surface area contributed by atoms with Crippen LogP contribution in [0.2, 0.25) is 0 Å². The number of hydrogen-bond acceptors (Lipinski definition) is 2. The molecule has 0 radical (unpaired) electrons. The van der Waals surface area contributed by atoms with Gasteiger partial charge in [0.25, 0.3) is 0 Å². The molecule has 0 saturated heterocycles. The SMILES string of the molecule is CC(C)(C)N1N=C(c2ccccc2)C23c4c5c6c7c8c9c(c%10c%11c2c2c4c4c%12c5c5c6c6c8c8c%13c9c9c%10c%10c%11c%11c2c2c4c4c%12c%12c5c5c6c8c6c8c%13c9c9c%10c%10c%11c2c2c4c4c%12c5c6c5c8c9c%10c2c45)C713. The van der Waals surface area contributed by atoms with E-state index in [1.165, 1.54) is 11.3 Å². The van der Waals surface area contributed by atoms with Gasteiger partial charge in [-0.2, -0.15) is 5.10 Å². The Labute approximate surface area is 399 Å². The van der Waals surface area contributed by atoms with Gasteiger partial charge in [-0.15, -0.1) is 0 Å². The fraction of sp³-hybridized carbons (Fsp3) is 0.0845. The van der Waals surface area contributed by atoms with Crippen molar-refractivity contribution >= 4 is 297 Å². The largest absolute Gasteiger partial charge is 0.275 e. The van der Waals surface area contributed by atoms with E-state index in [4.69, 9.17) is 5.10 Å². The maximum atomic E-state index is 6.53. The first-order chi connectivity index (χ1) is 36.1. The summed E-state index contributed by atoms with van der Waals surface area (Å²) in [5.74, 6) is 0. The molecule has 0 unspecified atom stereocenters. The number of benzene rings is 19. The van der Waals surface area contributed by atoms with Crippen molar-refractivity contribution in [2.45, 2.75) is 37.3 Å². The van der Waals surface area contributed by atoms with Crippen LogP contribution >= 0.6 is 0 Å². The fourth-order valence-electron chi connectivity index (χ4n) is 25.8. The zero-order valence-corrected chi connectivity index (χ0v) is 38.3. The summed E-state index contributed by atoms with van der Waals surface area (Å²) in [6, 6.07) is 11.8. The maximum Gasteiger partial charge on any atom is 0.130 e. The van der Waals surface area contributed by atoms with E-state index in [-0.39, 0.29) is 5.54 Å². The highest BCUT2D eigenvalue weighted by molar-refractivity contribution is 6.82. The van der Waals surface area contributed by atoms with Gasteiger partial charge in [0, 0.05) is 11.1 Å². The van der Waals surface area contributed by atoms with Crippen LogP contribution in [0.15, 0.2) is 35.4 Å². The zero-order chi connectivity index (χ0) is 44.0. The van der Waals surface area contributed by atoms with Gasteiger partial charge in [0.1, 0.15) is 11.0 Å². The zero-order valence-electron chi connectivity index (χ0n) is 38.3. The predicted octanol–water partition coefficient (Wildman–Crippen LogP) is 18.8. The second-order valence-electron chi connectivity index (χ2n) is 27.5. The van der Waals surface area contributed by atoms with Crippen molar-refractivity contribution in [3.8, 4) is 0 Å².